The quantitative estimate of drug-likeness (QED) is 0.715. The van der Waals surface area contributed by atoms with Crippen molar-refractivity contribution in [1.29, 1.82) is 0 Å². The number of nitrogens with zero attached hydrogens (tertiary/aromatic N) is 1. The summed E-state index contributed by atoms with van der Waals surface area (Å²) < 4.78 is 0. The van der Waals surface area contributed by atoms with Crippen LogP contribution in [-0.2, 0) is 6.42 Å². The van der Waals surface area contributed by atoms with Gasteiger partial charge in [-0.2, -0.15) is 0 Å². The molecule has 0 radical (unpaired) electrons. The molecule has 0 saturated heterocycles. The van der Waals surface area contributed by atoms with Gasteiger partial charge in [0.25, 0.3) is 0 Å². The van der Waals surface area contributed by atoms with Gasteiger partial charge in [-0.3, -0.25) is 9.78 Å². The van der Waals surface area contributed by atoms with Crippen LogP contribution in [0.1, 0.15) is 36.3 Å². The Morgan fingerprint density at radius 3 is 2.78 bits per heavy atom. The van der Waals surface area contributed by atoms with Crippen LogP contribution in [0.25, 0.3) is 10.9 Å². The van der Waals surface area contributed by atoms with E-state index in [9.17, 15) is 4.79 Å². The molecule has 1 aliphatic carbocycles. The summed E-state index contributed by atoms with van der Waals surface area (Å²) in [7, 11) is 0. The Morgan fingerprint density at radius 1 is 1.22 bits per heavy atom. The molecule has 0 atom stereocenters. The molecule has 3 heteroatoms. The van der Waals surface area contributed by atoms with Crippen molar-refractivity contribution >= 4 is 28.3 Å². The van der Waals surface area contributed by atoms with E-state index >= 15 is 0 Å². The van der Waals surface area contributed by atoms with Crippen LogP contribution in [0.2, 0.25) is 5.02 Å². The second-order valence-electron chi connectivity index (χ2n) is 5.76. The fourth-order valence-electron chi connectivity index (χ4n) is 2.61. The summed E-state index contributed by atoms with van der Waals surface area (Å²) >= 11 is 5.97. The lowest BCUT2D eigenvalue weighted by atomic mass is 9.75. The molecule has 2 nitrogen and oxygen atoms in total. The summed E-state index contributed by atoms with van der Waals surface area (Å²) in [6.07, 6.45) is 1.44. The van der Waals surface area contributed by atoms with Crippen molar-refractivity contribution in [3.8, 4) is 0 Å². The van der Waals surface area contributed by atoms with E-state index in [1.807, 2.05) is 24.3 Å². The van der Waals surface area contributed by atoms with Gasteiger partial charge in [0.1, 0.15) is 0 Å². The van der Waals surface area contributed by atoms with E-state index in [1.54, 1.807) is 0 Å². The van der Waals surface area contributed by atoms with Crippen LogP contribution in [-0.4, -0.2) is 10.8 Å². The summed E-state index contributed by atoms with van der Waals surface area (Å²) in [4.78, 5) is 16.8. The molecular formula is C15H14ClNO. The lowest BCUT2D eigenvalue weighted by Gasteiger charge is -2.29. The van der Waals surface area contributed by atoms with Gasteiger partial charge in [-0.05, 0) is 36.1 Å². The van der Waals surface area contributed by atoms with Crippen LogP contribution in [0.15, 0.2) is 24.3 Å². The van der Waals surface area contributed by atoms with Crippen molar-refractivity contribution in [2.24, 2.45) is 5.41 Å². The number of hydrogen-bond donors (Lipinski definition) is 0. The minimum absolute atomic E-state index is 0.0111. The van der Waals surface area contributed by atoms with Crippen molar-refractivity contribution in [2.75, 3.05) is 0 Å². The Morgan fingerprint density at radius 2 is 2.00 bits per heavy atom. The second-order valence-corrected chi connectivity index (χ2v) is 6.20. The highest BCUT2D eigenvalue weighted by molar-refractivity contribution is 6.31. The molecule has 92 valence electrons. The first-order chi connectivity index (χ1) is 8.44. The predicted molar refractivity (Wildman–Crippen MR) is 73.2 cm³/mol. The Bertz CT molecular complexity index is 661. The molecule has 0 amide bonds. The van der Waals surface area contributed by atoms with Gasteiger partial charge in [-0.1, -0.05) is 25.4 Å². The van der Waals surface area contributed by atoms with Gasteiger partial charge in [0, 0.05) is 22.4 Å². The molecule has 0 aliphatic heterocycles. The minimum atomic E-state index is 0.0111. The van der Waals surface area contributed by atoms with E-state index in [1.165, 1.54) is 0 Å². The number of Topliss-reactive ketones (excluding diaryl/α,β-unsaturated/α-hetero) is 1. The number of pyridine rings is 1. The molecule has 2 aromatic rings. The van der Waals surface area contributed by atoms with Crippen LogP contribution in [0.5, 0.6) is 0 Å². The fraction of sp³-hybridized carbons (Fsp3) is 0.333. The van der Waals surface area contributed by atoms with E-state index < -0.39 is 0 Å². The third kappa shape index (κ3) is 1.91. The van der Waals surface area contributed by atoms with Crippen molar-refractivity contribution in [1.82, 2.24) is 4.98 Å². The molecule has 0 unspecified atom stereocenters. The lowest BCUT2D eigenvalue weighted by Crippen LogP contribution is -2.27. The van der Waals surface area contributed by atoms with Crippen molar-refractivity contribution in [3.05, 3.63) is 40.5 Å². The molecule has 1 heterocycles. The summed E-state index contributed by atoms with van der Waals surface area (Å²) in [5.41, 5.74) is 2.61. The molecule has 0 bridgehead atoms. The van der Waals surface area contributed by atoms with E-state index in [-0.39, 0.29) is 11.2 Å². The minimum Gasteiger partial charge on any atom is -0.294 e. The number of halogens is 1. The van der Waals surface area contributed by atoms with E-state index in [0.29, 0.717) is 11.4 Å². The zero-order valence-corrected chi connectivity index (χ0v) is 11.2. The van der Waals surface area contributed by atoms with Crippen molar-refractivity contribution in [2.45, 2.75) is 26.7 Å². The molecule has 3 rings (SSSR count). The first-order valence-electron chi connectivity index (χ1n) is 6.07. The SMILES string of the molecule is CC1(C)CC(=O)c2cc3cc(Cl)ccc3nc2C1. The summed E-state index contributed by atoms with van der Waals surface area (Å²) in [6.45, 7) is 4.23. The number of hydrogen-bond acceptors (Lipinski definition) is 2. The van der Waals surface area contributed by atoms with Gasteiger partial charge in [-0.15, -0.1) is 0 Å². The highest BCUT2D eigenvalue weighted by atomic mass is 35.5. The highest BCUT2D eigenvalue weighted by Gasteiger charge is 2.31. The van der Waals surface area contributed by atoms with Crippen LogP contribution >= 0.6 is 11.6 Å². The van der Waals surface area contributed by atoms with Gasteiger partial charge in [-0.25, -0.2) is 0 Å². The third-order valence-corrected chi connectivity index (χ3v) is 3.68. The van der Waals surface area contributed by atoms with Gasteiger partial charge in [0.2, 0.25) is 0 Å². The van der Waals surface area contributed by atoms with Gasteiger partial charge in [0.15, 0.2) is 5.78 Å². The Balaban J connectivity index is 2.24. The molecule has 0 fully saturated rings. The van der Waals surface area contributed by atoms with Gasteiger partial charge >= 0.3 is 0 Å². The largest absolute Gasteiger partial charge is 0.294 e. The average Bonchev–Trinajstić information content (AvgIpc) is 2.26. The number of aromatic nitrogens is 1. The zero-order valence-electron chi connectivity index (χ0n) is 10.5. The van der Waals surface area contributed by atoms with Crippen LogP contribution in [0.3, 0.4) is 0 Å². The number of rotatable bonds is 0. The number of benzene rings is 1. The van der Waals surface area contributed by atoms with Crippen molar-refractivity contribution < 1.29 is 4.79 Å². The maximum Gasteiger partial charge on any atom is 0.165 e. The van der Waals surface area contributed by atoms with Crippen LogP contribution in [0.4, 0.5) is 0 Å². The number of fused-ring (bicyclic) bond motifs is 2. The first kappa shape index (κ1) is 11.7. The first-order valence-corrected chi connectivity index (χ1v) is 6.45. The smallest absolute Gasteiger partial charge is 0.165 e. The summed E-state index contributed by atoms with van der Waals surface area (Å²) in [5.74, 6) is 0.190. The standard InChI is InChI=1S/C15H14ClNO/c1-15(2)7-13-11(14(18)8-15)6-9-5-10(16)3-4-12(9)17-13/h3-6H,7-8H2,1-2H3. The maximum absolute atomic E-state index is 12.2. The van der Waals surface area contributed by atoms with E-state index in [4.69, 9.17) is 11.6 Å². The maximum atomic E-state index is 12.2. The van der Waals surface area contributed by atoms with Crippen molar-refractivity contribution in [3.63, 3.8) is 0 Å². The lowest BCUT2D eigenvalue weighted by molar-refractivity contribution is 0.0910. The van der Waals surface area contributed by atoms with Crippen LogP contribution < -0.4 is 0 Å². The predicted octanol–water partition coefficient (Wildman–Crippen LogP) is 4.04. The molecule has 18 heavy (non-hydrogen) atoms. The van der Waals surface area contributed by atoms with Gasteiger partial charge < -0.3 is 0 Å². The number of carbonyl (C=O) groups excluding carboxylic acids is 1. The highest BCUT2D eigenvalue weighted by Crippen LogP contribution is 2.35. The normalized spacial score (nSPS) is 17.8. The Labute approximate surface area is 111 Å². The average molecular weight is 260 g/mol. The van der Waals surface area contributed by atoms with E-state index in [2.05, 4.69) is 18.8 Å². The Kier molecular flexibility index (Phi) is 2.46. The molecular weight excluding hydrogens is 246 g/mol. The van der Waals surface area contributed by atoms with Gasteiger partial charge in [0.05, 0.1) is 11.2 Å². The fourth-order valence-corrected chi connectivity index (χ4v) is 2.79. The molecule has 1 aliphatic rings. The van der Waals surface area contributed by atoms with E-state index in [0.717, 1.165) is 28.6 Å². The summed E-state index contributed by atoms with van der Waals surface area (Å²) in [5, 5.41) is 1.61. The topological polar surface area (TPSA) is 30.0 Å². The molecule has 0 spiro atoms. The molecule has 0 N–H and O–H groups in total. The number of ketones is 1. The van der Waals surface area contributed by atoms with Crippen LogP contribution in [0, 0.1) is 5.41 Å². The molecule has 1 aromatic heterocycles. The third-order valence-electron chi connectivity index (χ3n) is 3.44. The second kappa shape index (κ2) is 3.79. The number of carbonyl (C=O) groups is 1. The molecule has 1 aromatic carbocycles. The Hall–Kier alpha value is -1.41. The zero-order chi connectivity index (χ0) is 12.9. The summed E-state index contributed by atoms with van der Waals surface area (Å²) in [6, 6.07) is 7.53. The molecule has 0 saturated carbocycles. The monoisotopic (exact) mass is 259 g/mol.